The average Bonchev–Trinajstić information content (AvgIpc) is 2.84. The van der Waals surface area contributed by atoms with Crippen molar-refractivity contribution in [1.82, 2.24) is 10.6 Å². The molecule has 32 heavy (non-hydrogen) atoms. The van der Waals surface area contributed by atoms with Crippen molar-refractivity contribution in [2.45, 2.75) is 69.9 Å². The fourth-order valence-electron chi connectivity index (χ4n) is 4.25. The Kier molecular flexibility index (Phi) is 9.57. The molecule has 5 N–H and O–H groups in total. The first-order chi connectivity index (χ1) is 15.7. The van der Waals surface area contributed by atoms with Crippen molar-refractivity contribution in [3.05, 3.63) is 65.7 Å². The van der Waals surface area contributed by atoms with Crippen LogP contribution in [0, 0.1) is 0 Å². The summed E-state index contributed by atoms with van der Waals surface area (Å²) in [7, 11) is 0. The number of nitrogens with two attached hydrogens (primary N) is 1. The van der Waals surface area contributed by atoms with Gasteiger partial charge in [0.1, 0.15) is 6.04 Å². The number of carbonyl (C=O) groups is 2. The van der Waals surface area contributed by atoms with E-state index in [1.165, 1.54) is 37.7 Å². The number of benzene rings is 2. The first-order valence-electron chi connectivity index (χ1n) is 11.8. The van der Waals surface area contributed by atoms with Crippen LogP contribution in [0.2, 0.25) is 0 Å². The van der Waals surface area contributed by atoms with Crippen molar-refractivity contribution >= 4 is 17.6 Å². The third kappa shape index (κ3) is 7.68. The van der Waals surface area contributed by atoms with Crippen LogP contribution in [-0.2, 0) is 11.3 Å². The lowest BCUT2D eigenvalue weighted by atomic mass is 9.84. The monoisotopic (exact) mass is 436 g/mol. The molecule has 1 aliphatic rings. The molecule has 0 spiro atoms. The normalized spacial score (nSPS) is 15.0. The number of anilines is 1. The number of hydrogen-bond donors (Lipinski definition) is 4. The van der Waals surface area contributed by atoms with Gasteiger partial charge in [-0.2, -0.15) is 0 Å². The van der Waals surface area contributed by atoms with Gasteiger partial charge in [0.25, 0.3) is 0 Å². The van der Waals surface area contributed by atoms with Gasteiger partial charge < -0.3 is 21.7 Å². The van der Waals surface area contributed by atoms with Crippen molar-refractivity contribution < 1.29 is 9.59 Å². The van der Waals surface area contributed by atoms with Crippen LogP contribution >= 0.6 is 0 Å². The van der Waals surface area contributed by atoms with Gasteiger partial charge in [0.2, 0.25) is 5.91 Å². The van der Waals surface area contributed by atoms with Crippen LogP contribution in [0.4, 0.5) is 10.5 Å². The van der Waals surface area contributed by atoms with Crippen molar-refractivity contribution in [2.24, 2.45) is 5.73 Å². The molecule has 0 aliphatic heterocycles. The zero-order chi connectivity index (χ0) is 22.6. The van der Waals surface area contributed by atoms with E-state index < -0.39 is 6.04 Å². The van der Waals surface area contributed by atoms with E-state index in [9.17, 15) is 9.59 Å². The largest absolute Gasteiger partial charge is 0.334 e. The van der Waals surface area contributed by atoms with E-state index in [1.807, 2.05) is 42.5 Å². The maximum Gasteiger partial charge on any atom is 0.315 e. The number of unbranched alkanes of at least 4 members (excludes halogenated alkanes) is 1. The molecule has 1 aliphatic carbocycles. The number of urea groups is 1. The standard InChI is InChI=1S/C26H36N4O2/c27-18-8-7-13-24(30-26(32)28-19-20-9-3-1-4-10-20)25(31)29-23-16-14-22(15-17-23)21-11-5-2-6-12-21/h1,3-4,9-10,14-17,21,24H,2,5-8,11-13,18-19,27H2,(H,29,31)(H2,28,30,32)/t24-/m1/s1. The van der Waals surface area contributed by atoms with E-state index in [-0.39, 0.29) is 11.9 Å². The average molecular weight is 437 g/mol. The molecule has 2 aromatic rings. The molecule has 6 nitrogen and oxygen atoms in total. The number of carbonyl (C=O) groups excluding carboxylic acids is 2. The first-order valence-corrected chi connectivity index (χ1v) is 11.8. The molecular formula is C26H36N4O2. The van der Waals surface area contributed by atoms with Gasteiger partial charge >= 0.3 is 6.03 Å². The van der Waals surface area contributed by atoms with E-state index in [1.54, 1.807) is 0 Å². The van der Waals surface area contributed by atoms with Crippen LogP contribution in [0.5, 0.6) is 0 Å². The number of hydrogen-bond acceptors (Lipinski definition) is 3. The highest BCUT2D eigenvalue weighted by Gasteiger charge is 2.21. The summed E-state index contributed by atoms with van der Waals surface area (Å²) < 4.78 is 0. The Morgan fingerprint density at radius 3 is 2.34 bits per heavy atom. The molecular weight excluding hydrogens is 400 g/mol. The fourth-order valence-corrected chi connectivity index (χ4v) is 4.25. The van der Waals surface area contributed by atoms with Crippen LogP contribution in [0.15, 0.2) is 54.6 Å². The SMILES string of the molecule is NCCCC[C@@H](NC(=O)NCc1ccccc1)C(=O)Nc1ccc(C2CCCCC2)cc1. The number of rotatable bonds is 10. The summed E-state index contributed by atoms with van der Waals surface area (Å²) in [6.07, 6.45) is 8.55. The fraction of sp³-hybridized carbons (Fsp3) is 0.462. The minimum Gasteiger partial charge on any atom is -0.334 e. The third-order valence-corrected chi connectivity index (χ3v) is 6.12. The summed E-state index contributed by atoms with van der Waals surface area (Å²) in [5.41, 5.74) is 8.71. The van der Waals surface area contributed by atoms with Gasteiger partial charge in [-0.05, 0) is 67.8 Å². The molecule has 0 unspecified atom stereocenters. The molecule has 1 fully saturated rings. The summed E-state index contributed by atoms with van der Waals surface area (Å²) >= 11 is 0. The predicted octanol–water partition coefficient (Wildman–Crippen LogP) is 4.67. The maximum atomic E-state index is 12.9. The van der Waals surface area contributed by atoms with Gasteiger partial charge in [-0.25, -0.2) is 4.79 Å². The molecule has 0 radical (unpaired) electrons. The lowest BCUT2D eigenvalue weighted by Gasteiger charge is -2.22. The molecule has 2 aromatic carbocycles. The lowest BCUT2D eigenvalue weighted by Crippen LogP contribution is -2.47. The zero-order valence-electron chi connectivity index (χ0n) is 18.8. The number of nitrogens with one attached hydrogen (secondary N) is 3. The van der Waals surface area contributed by atoms with Gasteiger partial charge in [0.15, 0.2) is 0 Å². The van der Waals surface area contributed by atoms with Crippen LogP contribution in [0.1, 0.15) is 68.4 Å². The minimum atomic E-state index is -0.615. The van der Waals surface area contributed by atoms with E-state index in [2.05, 4.69) is 28.1 Å². The van der Waals surface area contributed by atoms with Gasteiger partial charge in [-0.15, -0.1) is 0 Å². The second-order valence-corrected chi connectivity index (χ2v) is 8.60. The molecule has 6 heteroatoms. The molecule has 3 rings (SSSR count). The molecule has 3 amide bonds. The maximum absolute atomic E-state index is 12.9. The van der Waals surface area contributed by atoms with E-state index in [4.69, 9.17) is 5.73 Å². The Morgan fingerprint density at radius 2 is 1.66 bits per heavy atom. The summed E-state index contributed by atoms with van der Waals surface area (Å²) in [5.74, 6) is 0.426. The Labute approximate surface area is 191 Å². The van der Waals surface area contributed by atoms with E-state index >= 15 is 0 Å². The molecule has 0 heterocycles. The smallest absolute Gasteiger partial charge is 0.315 e. The van der Waals surface area contributed by atoms with E-state index in [0.29, 0.717) is 25.4 Å². The molecule has 172 valence electrons. The Hall–Kier alpha value is -2.86. The van der Waals surface area contributed by atoms with Crippen molar-refractivity contribution in [3.63, 3.8) is 0 Å². The highest BCUT2D eigenvalue weighted by molar-refractivity contribution is 5.97. The second kappa shape index (κ2) is 12.9. The molecule has 1 saturated carbocycles. The van der Waals surface area contributed by atoms with Crippen LogP contribution in [0.25, 0.3) is 0 Å². The molecule has 0 aromatic heterocycles. The summed E-state index contributed by atoms with van der Waals surface area (Å²) in [4.78, 5) is 25.3. The second-order valence-electron chi connectivity index (χ2n) is 8.60. The van der Waals surface area contributed by atoms with Crippen molar-refractivity contribution in [3.8, 4) is 0 Å². The third-order valence-electron chi connectivity index (χ3n) is 6.12. The Bertz CT molecular complexity index is 833. The van der Waals surface area contributed by atoms with Gasteiger partial charge in [-0.1, -0.05) is 61.7 Å². The zero-order valence-corrected chi connectivity index (χ0v) is 18.8. The van der Waals surface area contributed by atoms with Crippen molar-refractivity contribution in [2.75, 3.05) is 11.9 Å². The quantitative estimate of drug-likeness (QED) is 0.408. The van der Waals surface area contributed by atoms with Gasteiger partial charge in [-0.3, -0.25) is 4.79 Å². The summed E-state index contributed by atoms with van der Waals surface area (Å²) in [6, 6.07) is 16.9. The van der Waals surface area contributed by atoms with Crippen LogP contribution in [-0.4, -0.2) is 24.5 Å². The van der Waals surface area contributed by atoms with Crippen molar-refractivity contribution in [1.29, 1.82) is 0 Å². The minimum absolute atomic E-state index is 0.206. The van der Waals surface area contributed by atoms with E-state index in [0.717, 1.165) is 24.1 Å². The van der Waals surface area contributed by atoms with Gasteiger partial charge in [0.05, 0.1) is 0 Å². The highest BCUT2D eigenvalue weighted by Crippen LogP contribution is 2.33. The predicted molar refractivity (Wildman–Crippen MR) is 129 cm³/mol. The summed E-state index contributed by atoms with van der Waals surface area (Å²) in [6.45, 7) is 0.976. The molecule has 1 atom stereocenters. The Morgan fingerprint density at radius 1 is 0.938 bits per heavy atom. The van der Waals surface area contributed by atoms with Crippen LogP contribution < -0.4 is 21.7 Å². The topological polar surface area (TPSA) is 96.2 Å². The van der Waals surface area contributed by atoms with Crippen LogP contribution in [0.3, 0.4) is 0 Å². The summed E-state index contributed by atoms with van der Waals surface area (Å²) in [5, 5.41) is 8.62. The Balaban J connectivity index is 1.54. The lowest BCUT2D eigenvalue weighted by molar-refractivity contribution is -0.118. The number of amides is 3. The first kappa shape index (κ1) is 23.8. The molecule has 0 saturated heterocycles. The highest BCUT2D eigenvalue weighted by atomic mass is 16.2. The van der Waals surface area contributed by atoms with Gasteiger partial charge in [0, 0.05) is 12.2 Å². The molecule has 0 bridgehead atoms.